The summed E-state index contributed by atoms with van der Waals surface area (Å²) in [7, 11) is 6.81. The molecule has 7 aromatic rings. The van der Waals surface area contributed by atoms with Gasteiger partial charge in [0.05, 0.1) is 24.9 Å². The van der Waals surface area contributed by atoms with Crippen molar-refractivity contribution in [2.75, 3.05) is 59.8 Å². The van der Waals surface area contributed by atoms with Crippen molar-refractivity contribution in [3.05, 3.63) is 203 Å². The fourth-order valence-corrected chi connectivity index (χ4v) is 15.4. The second-order valence-electron chi connectivity index (χ2n) is 31.9. The number of phenols is 2. The first-order valence-corrected chi connectivity index (χ1v) is 42.5. The average Bonchev–Trinajstić information content (AvgIpc) is 1.07. The minimum Gasteiger partial charge on any atom is -0.508 e. The molecule has 0 radical (unpaired) electrons. The van der Waals surface area contributed by atoms with Crippen molar-refractivity contribution in [2.24, 2.45) is 11.7 Å². The molecule has 1 fully saturated rings. The SMILES string of the molecule is CCCC[C@H]1C(=O)N(C)CC(=O)N[C@@H](C)C(=O)N[C@@H](C)C(=O)N(C)[C@@H](Cc2ccccc2)C(=O)N[C@@H](Cc2ccc(O)cc2)C(=O)N(C)CC(=O)N[C@@H](Cc2c[nH]c3ccccc23)C(=O)N[C@@H](Cc2ccc(O)cc2)C(=O)N[C@@H](CC(C)C)C(=O)N[C@H](C(=O)CCC(N)=O)CSCC(=O)N[C@@H](Cc2ccccc2)C(=O)N(C)[C@@H](Cc2ccccc2)C(=O)N1C. The van der Waals surface area contributed by atoms with Crippen molar-refractivity contribution in [1.29, 1.82) is 0 Å². The van der Waals surface area contributed by atoms with Crippen molar-refractivity contribution in [1.82, 2.24) is 72.0 Å². The highest BCUT2D eigenvalue weighted by Gasteiger charge is 2.41. The fraction of sp³-hybridized carbons (Fsp3) is 0.418. The van der Waals surface area contributed by atoms with Gasteiger partial charge in [-0.05, 0) is 96.3 Å². The van der Waals surface area contributed by atoms with Crippen LogP contribution in [-0.2, 0) is 110 Å². The number of fused-ring (bicyclic) bond motifs is 1. The standard InChI is InChI=1S/C91H115N15O17S/c1-11-12-32-74-90(122)103(7)51-79(111)94-56(4)82(114)95-57(5)87(119)105(9)75(47-59-26-18-14-19-27-59)86(118)100-71(46-62-35-39-65(108)40-36-62)88(120)102(6)52-80(112)96-70(49-63-50-93-67-31-23-22-30-66(63)67)85(117)99-69(44-61-33-37-64(107)38-34-61)84(116)98-68(43-55(2)3)83(115)101-73(77(109)41-42-78(92)110)53-124-54-81(113)97-72(45-58-24-16-13-17-25-58)89(121)106(10)76(91(123)104(74)8)48-60-28-20-15-21-29-60/h13-31,33-40,50,55-57,68-76,93,107-108H,11-12,32,41-49,51-54H2,1-10H3,(H2,92,110)(H,94,111)(H,95,114)(H,96,112)(H,97,113)(H,98,116)(H,99,117)(H,100,118)(H,101,115)/t56-,57-,68-,69-,70-,71-,72-,73-,74-,75-,76-/m0/s1. The van der Waals surface area contributed by atoms with Gasteiger partial charge in [-0.15, -0.1) is 11.8 Å². The Kier molecular flexibility index (Phi) is 36.5. The zero-order chi connectivity index (χ0) is 90.4. The van der Waals surface area contributed by atoms with E-state index in [0.717, 1.165) is 26.5 Å². The van der Waals surface area contributed by atoms with Crippen molar-refractivity contribution in [2.45, 2.75) is 178 Å². The smallest absolute Gasteiger partial charge is 0.246 e. The van der Waals surface area contributed by atoms with E-state index in [1.54, 1.807) is 135 Å². The van der Waals surface area contributed by atoms with Crippen LogP contribution in [0.1, 0.15) is 107 Å². The number of phenolic OH excluding ortho intramolecular Hbond substituents is 2. The lowest BCUT2D eigenvalue weighted by atomic mass is 9.99. The van der Waals surface area contributed by atoms with Gasteiger partial charge in [0.25, 0.3) is 0 Å². The second kappa shape index (κ2) is 46.9. The van der Waals surface area contributed by atoms with Crippen LogP contribution in [0.15, 0.2) is 170 Å². The molecular formula is C91H115N15O17S. The van der Waals surface area contributed by atoms with Crippen molar-refractivity contribution in [3.8, 4) is 11.5 Å². The van der Waals surface area contributed by atoms with Gasteiger partial charge < -0.3 is 88.0 Å². The number of primary amides is 1. The van der Waals surface area contributed by atoms with Gasteiger partial charge in [0.15, 0.2) is 5.78 Å². The molecule has 0 spiro atoms. The van der Waals surface area contributed by atoms with Gasteiger partial charge in [-0.2, -0.15) is 0 Å². The van der Waals surface area contributed by atoms with Gasteiger partial charge >= 0.3 is 0 Å². The summed E-state index contributed by atoms with van der Waals surface area (Å²) in [6.45, 7) is 6.78. The number of hydrogen-bond donors (Lipinski definition) is 12. The number of nitrogens with zero attached hydrogens (tertiary/aromatic N) is 5. The number of carbonyl (C=O) groups is 15. The normalized spacial score (nSPS) is 22.3. The number of H-pyrrole nitrogens is 1. The molecule has 14 amide bonds. The monoisotopic (exact) mass is 1720 g/mol. The Morgan fingerprint density at radius 1 is 0.435 bits per heavy atom. The number of nitrogens with two attached hydrogens (primary N) is 1. The highest BCUT2D eigenvalue weighted by atomic mass is 32.2. The van der Waals surface area contributed by atoms with Crippen LogP contribution in [0.4, 0.5) is 0 Å². The Morgan fingerprint density at radius 2 is 0.887 bits per heavy atom. The largest absolute Gasteiger partial charge is 0.508 e. The van der Waals surface area contributed by atoms with E-state index in [-0.39, 0.29) is 74.5 Å². The predicted molar refractivity (Wildman–Crippen MR) is 468 cm³/mol. The number of unbranched alkanes of at least 4 members (excludes halogenated alkanes) is 1. The zero-order valence-electron chi connectivity index (χ0n) is 71.6. The molecule has 11 atom stereocenters. The molecule has 0 unspecified atom stereocenters. The number of carbonyl (C=O) groups excluding carboxylic acids is 15. The Hall–Kier alpha value is -12.9. The van der Waals surface area contributed by atoms with Gasteiger partial charge in [0.1, 0.15) is 71.9 Å². The van der Waals surface area contributed by atoms with E-state index in [2.05, 4.69) is 47.5 Å². The molecule has 1 aliphatic heterocycles. The summed E-state index contributed by atoms with van der Waals surface area (Å²) in [6.07, 6.45) is 0.821. The first kappa shape index (κ1) is 96.5. The molecule has 662 valence electrons. The summed E-state index contributed by atoms with van der Waals surface area (Å²) in [6, 6.07) is 29.4. The van der Waals surface area contributed by atoms with Crippen molar-refractivity contribution >= 4 is 111 Å². The third-order valence-corrected chi connectivity index (χ3v) is 22.6. The number of nitrogens with one attached hydrogen (secondary N) is 9. The van der Waals surface area contributed by atoms with Crippen molar-refractivity contribution < 1.29 is 82.1 Å². The minimum absolute atomic E-state index is 0.0564. The summed E-state index contributed by atoms with van der Waals surface area (Å²) < 4.78 is 0. The first-order chi connectivity index (χ1) is 59.1. The third kappa shape index (κ3) is 28.9. The maximum absolute atomic E-state index is 15.4. The Bertz CT molecular complexity index is 4870. The number of aromatic amines is 1. The van der Waals surface area contributed by atoms with Crippen LogP contribution < -0.4 is 48.3 Å². The van der Waals surface area contributed by atoms with Gasteiger partial charge in [0, 0.05) is 109 Å². The quantitative estimate of drug-likeness (QED) is 0.0490. The number of ketones is 1. The van der Waals surface area contributed by atoms with E-state index in [1.807, 2.05) is 6.92 Å². The maximum atomic E-state index is 15.4. The number of rotatable bonds is 21. The van der Waals surface area contributed by atoms with Gasteiger partial charge in [-0.3, -0.25) is 71.9 Å². The highest BCUT2D eigenvalue weighted by Crippen LogP contribution is 2.24. The number of hydrogen-bond acceptors (Lipinski definition) is 18. The number of aromatic nitrogens is 1. The van der Waals surface area contributed by atoms with E-state index in [0.29, 0.717) is 57.1 Å². The lowest BCUT2D eigenvalue weighted by Crippen LogP contribution is -2.60. The van der Waals surface area contributed by atoms with E-state index < -0.39 is 187 Å². The van der Waals surface area contributed by atoms with Crippen LogP contribution in [0.5, 0.6) is 11.5 Å². The topological polar surface area (TPSA) is 451 Å². The zero-order valence-corrected chi connectivity index (χ0v) is 72.5. The molecule has 124 heavy (non-hydrogen) atoms. The molecule has 1 aromatic heterocycles. The third-order valence-electron chi connectivity index (χ3n) is 21.6. The van der Waals surface area contributed by atoms with E-state index in [9.17, 15) is 53.4 Å². The van der Waals surface area contributed by atoms with E-state index >= 15 is 28.8 Å². The molecule has 1 saturated heterocycles. The molecule has 33 heteroatoms. The summed E-state index contributed by atoms with van der Waals surface area (Å²) in [5.74, 6) is -13.2. The van der Waals surface area contributed by atoms with Gasteiger partial charge in [-0.1, -0.05) is 167 Å². The Morgan fingerprint density at radius 3 is 1.44 bits per heavy atom. The molecular weight excluding hydrogens is 1610 g/mol. The lowest BCUT2D eigenvalue weighted by molar-refractivity contribution is -0.151. The van der Waals surface area contributed by atoms with Crippen LogP contribution in [0.25, 0.3) is 10.9 Å². The van der Waals surface area contributed by atoms with Crippen LogP contribution in [0.3, 0.4) is 0 Å². The number of para-hydroxylation sites is 1. The molecule has 13 N–H and O–H groups in total. The number of Topliss-reactive ketones (excluding diaryl/α,β-unsaturated/α-hetero) is 1. The summed E-state index contributed by atoms with van der Waals surface area (Å²) in [5, 5.41) is 43.3. The van der Waals surface area contributed by atoms with Gasteiger partial charge in [-0.25, -0.2) is 0 Å². The second-order valence-corrected chi connectivity index (χ2v) is 32.9. The number of benzene rings is 6. The summed E-state index contributed by atoms with van der Waals surface area (Å²) in [4.78, 5) is 229. The van der Waals surface area contributed by atoms with Crippen LogP contribution in [0.2, 0.25) is 0 Å². The summed E-state index contributed by atoms with van der Waals surface area (Å²) >= 11 is 0.890. The number of amides is 14. The lowest BCUT2D eigenvalue weighted by Gasteiger charge is -2.37. The van der Waals surface area contributed by atoms with E-state index in [1.165, 1.54) is 107 Å². The maximum Gasteiger partial charge on any atom is 0.246 e. The summed E-state index contributed by atoms with van der Waals surface area (Å²) in [5.41, 5.74) is 9.43. The average molecular weight is 1720 g/mol. The fourth-order valence-electron chi connectivity index (χ4n) is 14.6. The molecule has 1 aliphatic rings. The van der Waals surface area contributed by atoms with Crippen molar-refractivity contribution in [3.63, 3.8) is 0 Å². The number of likely N-dealkylation sites (N-methyl/N-ethyl adjacent to an activating group) is 5. The molecule has 8 rings (SSSR count). The Balaban J connectivity index is 1.18. The number of aromatic hydroxyl groups is 2. The minimum atomic E-state index is -1.56. The molecule has 6 aromatic carbocycles. The highest BCUT2D eigenvalue weighted by molar-refractivity contribution is 8.00. The number of thioether (sulfide) groups is 1. The Labute approximate surface area is 726 Å². The molecule has 0 saturated carbocycles. The molecule has 0 bridgehead atoms. The molecule has 2 heterocycles. The van der Waals surface area contributed by atoms with Crippen LogP contribution >= 0.6 is 11.8 Å². The molecule has 0 aliphatic carbocycles. The van der Waals surface area contributed by atoms with Crippen LogP contribution in [-0.4, -0.2) is 254 Å². The van der Waals surface area contributed by atoms with E-state index in [4.69, 9.17) is 5.73 Å². The van der Waals surface area contributed by atoms with Gasteiger partial charge in [0.2, 0.25) is 82.7 Å². The predicted octanol–water partition coefficient (Wildman–Crippen LogP) is 3.47. The first-order valence-electron chi connectivity index (χ1n) is 41.4. The van der Waals surface area contributed by atoms with Crippen LogP contribution in [0, 0.1) is 5.92 Å². The molecule has 32 nitrogen and oxygen atoms in total.